The highest BCUT2D eigenvalue weighted by molar-refractivity contribution is 5.88. The zero-order valence-electron chi connectivity index (χ0n) is 11.5. The molecule has 0 aliphatic carbocycles. The van der Waals surface area contributed by atoms with Gasteiger partial charge in [-0.25, -0.2) is 9.59 Å². The lowest BCUT2D eigenvalue weighted by Crippen LogP contribution is -2.43. The van der Waals surface area contributed by atoms with Crippen molar-refractivity contribution < 1.29 is 14.7 Å². The molecule has 0 atom stereocenters. The van der Waals surface area contributed by atoms with Crippen molar-refractivity contribution in [1.82, 2.24) is 9.80 Å². The van der Waals surface area contributed by atoms with Gasteiger partial charge in [-0.1, -0.05) is 12.1 Å². The molecular weight excluding hydrogens is 256 g/mol. The fourth-order valence-corrected chi connectivity index (χ4v) is 2.37. The number of nitrogens with zero attached hydrogens (tertiary/aromatic N) is 2. The zero-order valence-corrected chi connectivity index (χ0v) is 11.5. The van der Waals surface area contributed by atoms with Gasteiger partial charge in [0.15, 0.2) is 0 Å². The SMILES string of the molecule is C=CCN(C)C(=O)N1CCc2ccc(C(=O)O)cc2C1. The standard InChI is InChI=1S/C15H18N2O3/c1-3-7-16(2)15(20)17-8-6-11-4-5-12(14(18)19)9-13(11)10-17/h3-5,9H,1,6-8,10H2,2H3,(H,18,19). The summed E-state index contributed by atoms with van der Waals surface area (Å²) in [6.45, 7) is 5.22. The molecule has 5 heteroatoms. The minimum absolute atomic E-state index is 0.0590. The average Bonchev–Trinajstić information content (AvgIpc) is 2.45. The van der Waals surface area contributed by atoms with Gasteiger partial charge in [0.1, 0.15) is 0 Å². The molecule has 0 bridgehead atoms. The summed E-state index contributed by atoms with van der Waals surface area (Å²) in [5.74, 6) is -0.944. The summed E-state index contributed by atoms with van der Waals surface area (Å²) in [6, 6.07) is 5.05. The van der Waals surface area contributed by atoms with Crippen LogP contribution in [0.1, 0.15) is 21.5 Å². The van der Waals surface area contributed by atoms with Gasteiger partial charge in [0, 0.05) is 26.7 Å². The highest BCUT2D eigenvalue weighted by atomic mass is 16.4. The Kier molecular flexibility index (Phi) is 4.08. The predicted octanol–water partition coefficient (Wildman–Crippen LogP) is 1.98. The van der Waals surface area contributed by atoms with E-state index in [1.165, 1.54) is 0 Å². The van der Waals surface area contributed by atoms with Crippen LogP contribution in [-0.2, 0) is 13.0 Å². The molecule has 0 fully saturated rings. The molecule has 0 aromatic heterocycles. The van der Waals surface area contributed by atoms with E-state index in [0.717, 1.165) is 17.5 Å². The molecule has 0 unspecified atom stereocenters. The number of hydrogen-bond donors (Lipinski definition) is 1. The fraction of sp³-hybridized carbons (Fsp3) is 0.333. The van der Waals surface area contributed by atoms with E-state index in [1.807, 2.05) is 6.07 Å². The third kappa shape index (κ3) is 2.82. The summed E-state index contributed by atoms with van der Waals surface area (Å²) in [6.07, 6.45) is 2.43. The van der Waals surface area contributed by atoms with Gasteiger partial charge < -0.3 is 14.9 Å². The molecule has 1 aliphatic heterocycles. The summed E-state index contributed by atoms with van der Waals surface area (Å²) in [7, 11) is 1.73. The maximum atomic E-state index is 12.2. The Bertz CT molecular complexity index is 554. The van der Waals surface area contributed by atoms with E-state index in [2.05, 4.69) is 6.58 Å². The van der Waals surface area contributed by atoms with E-state index >= 15 is 0 Å². The van der Waals surface area contributed by atoms with E-state index in [-0.39, 0.29) is 11.6 Å². The molecule has 2 amide bonds. The van der Waals surface area contributed by atoms with Crippen molar-refractivity contribution in [3.63, 3.8) is 0 Å². The lowest BCUT2D eigenvalue weighted by molar-refractivity contribution is 0.0696. The number of hydrogen-bond acceptors (Lipinski definition) is 2. The summed E-state index contributed by atoms with van der Waals surface area (Å²) < 4.78 is 0. The second kappa shape index (κ2) is 5.77. The highest BCUT2D eigenvalue weighted by Crippen LogP contribution is 2.21. The molecule has 1 N–H and O–H groups in total. The molecule has 0 radical (unpaired) electrons. The quantitative estimate of drug-likeness (QED) is 0.857. The first-order valence-electron chi connectivity index (χ1n) is 6.49. The number of rotatable bonds is 3. The van der Waals surface area contributed by atoms with Gasteiger partial charge >= 0.3 is 12.0 Å². The van der Waals surface area contributed by atoms with Crippen LogP contribution in [0.25, 0.3) is 0 Å². The molecule has 5 nitrogen and oxygen atoms in total. The largest absolute Gasteiger partial charge is 0.478 e. The molecule has 0 saturated heterocycles. The van der Waals surface area contributed by atoms with Crippen LogP contribution < -0.4 is 0 Å². The van der Waals surface area contributed by atoms with Crippen molar-refractivity contribution in [3.8, 4) is 0 Å². The molecule has 1 aliphatic rings. The molecule has 1 aromatic carbocycles. The van der Waals surface area contributed by atoms with E-state index < -0.39 is 5.97 Å². The summed E-state index contributed by atoms with van der Waals surface area (Å²) in [5.41, 5.74) is 2.29. The number of carboxylic acids is 1. The first kappa shape index (κ1) is 14.1. The number of benzene rings is 1. The molecule has 0 spiro atoms. The van der Waals surface area contributed by atoms with E-state index in [4.69, 9.17) is 5.11 Å². The lowest BCUT2D eigenvalue weighted by Gasteiger charge is -2.32. The number of carboxylic acid groups (broad SMARTS) is 1. The smallest absolute Gasteiger partial charge is 0.335 e. The number of aromatic carboxylic acids is 1. The Labute approximate surface area is 118 Å². The minimum Gasteiger partial charge on any atom is -0.478 e. The topological polar surface area (TPSA) is 60.9 Å². The molecule has 106 valence electrons. The van der Waals surface area contributed by atoms with Gasteiger partial charge in [0.2, 0.25) is 0 Å². The minimum atomic E-state index is -0.944. The fourth-order valence-electron chi connectivity index (χ4n) is 2.37. The average molecular weight is 274 g/mol. The lowest BCUT2D eigenvalue weighted by atomic mass is 9.97. The van der Waals surface area contributed by atoms with Crippen LogP contribution in [0.2, 0.25) is 0 Å². The van der Waals surface area contributed by atoms with Gasteiger partial charge in [-0.3, -0.25) is 0 Å². The van der Waals surface area contributed by atoms with Gasteiger partial charge in [-0.2, -0.15) is 0 Å². The van der Waals surface area contributed by atoms with E-state index in [1.54, 1.807) is 35.1 Å². The second-order valence-electron chi connectivity index (χ2n) is 4.91. The number of amides is 2. The molecule has 20 heavy (non-hydrogen) atoms. The Morgan fingerprint density at radius 1 is 1.45 bits per heavy atom. The Morgan fingerprint density at radius 2 is 2.20 bits per heavy atom. The van der Waals surface area contributed by atoms with Crippen LogP contribution in [0, 0.1) is 0 Å². The van der Waals surface area contributed by atoms with Crippen molar-refractivity contribution in [1.29, 1.82) is 0 Å². The number of carbonyl (C=O) groups is 2. The van der Waals surface area contributed by atoms with Crippen LogP contribution >= 0.6 is 0 Å². The van der Waals surface area contributed by atoms with Gasteiger partial charge in [-0.15, -0.1) is 6.58 Å². The molecular formula is C15H18N2O3. The molecule has 1 heterocycles. The number of carbonyl (C=O) groups excluding carboxylic acids is 1. The van der Waals surface area contributed by atoms with Crippen molar-refractivity contribution in [3.05, 3.63) is 47.5 Å². The van der Waals surface area contributed by atoms with Crippen LogP contribution in [0.15, 0.2) is 30.9 Å². The normalized spacial score (nSPS) is 13.6. The third-order valence-corrected chi connectivity index (χ3v) is 3.47. The highest BCUT2D eigenvalue weighted by Gasteiger charge is 2.23. The van der Waals surface area contributed by atoms with Crippen molar-refractivity contribution in [2.75, 3.05) is 20.1 Å². The molecule has 0 saturated carbocycles. The third-order valence-electron chi connectivity index (χ3n) is 3.47. The molecule has 2 rings (SSSR count). The van der Waals surface area contributed by atoms with Gasteiger partial charge in [-0.05, 0) is 29.7 Å². The van der Waals surface area contributed by atoms with Crippen LogP contribution in [0.4, 0.5) is 4.79 Å². The van der Waals surface area contributed by atoms with Crippen LogP contribution in [-0.4, -0.2) is 47.0 Å². The Hall–Kier alpha value is -2.30. The van der Waals surface area contributed by atoms with E-state index in [9.17, 15) is 9.59 Å². The van der Waals surface area contributed by atoms with Crippen LogP contribution in [0.5, 0.6) is 0 Å². The maximum Gasteiger partial charge on any atom is 0.335 e. The first-order chi connectivity index (χ1) is 9.52. The Morgan fingerprint density at radius 3 is 2.85 bits per heavy atom. The summed E-state index contributed by atoms with van der Waals surface area (Å²) in [5, 5.41) is 9.02. The van der Waals surface area contributed by atoms with Crippen molar-refractivity contribution >= 4 is 12.0 Å². The van der Waals surface area contributed by atoms with Crippen LogP contribution in [0.3, 0.4) is 0 Å². The predicted molar refractivity (Wildman–Crippen MR) is 75.7 cm³/mol. The Balaban J connectivity index is 2.17. The first-order valence-corrected chi connectivity index (χ1v) is 6.49. The zero-order chi connectivity index (χ0) is 14.7. The summed E-state index contributed by atoms with van der Waals surface area (Å²) >= 11 is 0. The van der Waals surface area contributed by atoms with Crippen molar-refractivity contribution in [2.45, 2.75) is 13.0 Å². The second-order valence-corrected chi connectivity index (χ2v) is 4.91. The molecule has 1 aromatic rings. The van der Waals surface area contributed by atoms with Crippen molar-refractivity contribution in [2.24, 2.45) is 0 Å². The number of fused-ring (bicyclic) bond motifs is 1. The summed E-state index contributed by atoms with van der Waals surface area (Å²) in [4.78, 5) is 26.5. The van der Waals surface area contributed by atoms with Gasteiger partial charge in [0.25, 0.3) is 0 Å². The number of urea groups is 1. The number of likely N-dealkylation sites (N-methyl/N-ethyl adjacent to an activating group) is 1. The van der Waals surface area contributed by atoms with E-state index in [0.29, 0.717) is 19.6 Å². The van der Waals surface area contributed by atoms with Gasteiger partial charge in [0.05, 0.1) is 5.56 Å². The maximum absolute atomic E-state index is 12.2. The monoisotopic (exact) mass is 274 g/mol.